The molecule has 0 unspecified atom stereocenters. The van der Waals surface area contributed by atoms with Gasteiger partial charge in [0.2, 0.25) is 0 Å². The molecule has 0 aliphatic carbocycles. The fourth-order valence-corrected chi connectivity index (χ4v) is 11.5. The lowest BCUT2D eigenvalue weighted by Gasteiger charge is -2.28. The van der Waals surface area contributed by atoms with Gasteiger partial charge in [-0.25, -0.2) is 0 Å². The predicted molar refractivity (Wildman–Crippen MR) is 292 cm³/mol. The normalized spacial score (nSPS) is 12.7. The number of anilines is 6. The van der Waals surface area contributed by atoms with Crippen LogP contribution in [0.15, 0.2) is 182 Å². The maximum absolute atomic E-state index is 2.61. The highest BCUT2D eigenvalue weighted by molar-refractivity contribution is 6.39. The van der Waals surface area contributed by atoms with Gasteiger partial charge in [0.1, 0.15) is 0 Å². The van der Waals surface area contributed by atoms with Crippen LogP contribution in [0.4, 0.5) is 34.1 Å². The molecule has 68 heavy (non-hydrogen) atoms. The van der Waals surface area contributed by atoms with Crippen molar-refractivity contribution < 1.29 is 0 Å². The van der Waals surface area contributed by atoms with Gasteiger partial charge >= 0.3 is 0 Å². The van der Waals surface area contributed by atoms with Gasteiger partial charge in [0, 0.05) is 71.5 Å². The fourth-order valence-electron chi connectivity index (χ4n) is 11.5. The van der Waals surface area contributed by atoms with Crippen molar-refractivity contribution in [1.82, 2.24) is 8.80 Å². The van der Waals surface area contributed by atoms with Gasteiger partial charge in [0.25, 0.3) is 0 Å². The minimum atomic E-state index is -0.0278. The predicted octanol–water partition coefficient (Wildman–Crippen LogP) is 18.1. The van der Waals surface area contributed by atoms with Gasteiger partial charge in [0.15, 0.2) is 0 Å². The van der Waals surface area contributed by atoms with E-state index in [1.54, 1.807) is 0 Å². The summed E-state index contributed by atoms with van der Waals surface area (Å²) < 4.78 is 5.19. The lowest BCUT2D eigenvalue weighted by Crippen LogP contribution is -2.12. The number of nitrogens with zero attached hydrogens (tertiary/aromatic N) is 4. The van der Waals surface area contributed by atoms with Gasteiger partial charge in [-0.05, 0) is 132 Å². The zero-order valence-electron chi connectivity index (χ0n) is 40.1. The molecule has 9 aromatic carbocycles. The van der Waals surface area contributed by atoms with Crippen LogP contribution in [0.1, 0.15) is 63.8 Å². The van der Waals surface area contributed by atoms with Crippen LogP contribution < -0.4 is 9.80 Å². The van der Waals surface area contributed by atoms with E-state index in [4.69, 9.17) is 0 Å². The molecule has 0 aliphatic rings. The lowest BCUT2D eigenvalue weighted by molar-refractivity contribution is 0.591. The van der Waals surface area contributed by atoms with Crippen LogP contribution in [0.2, 0.25) is 0 Å². The Balaban J connectivity index is 1.20. The van der Waals surface area contributed by atoms with E-state index in [-0.39, 0.29) is 10.8 Å². The number of rotatable bonds is 6. The van der Waals surface area contributed by atoms with Crippen LogP contribution in [0.3, 0.4) is 0 Å². The van der Waals surface area contributed by atoms with Crippen molar-refractivity contribution in [2.24, 2.45) is 0 Å². The van der Waals surface area contributed by atoms with Gasteiger partial charge in [-0.15, -0.1) is 0 Å². The Labute approximate surface area is 397 Å². The molecular weight excluding hydrogens is 825 g/mol. The Kier molecular flexibility index (Phi) is 8.53. The third-order valence-corrected chi connectivity index (χ3v) is 14.9. The first-order chi connectivity index (χ1) is 32.9. The largest absolute Gasteiger partial charge is 0.310 e. The molecule has 13 rings (SSSR count). The number of para-hydroxylation sites is 4. The van der Waals surface area contributed by atoms with Crippen molar-refractivity contribution in [3.05, 3.63) is 204 Å². The molecule has 0 radical (unpaired) electrons. The Bertz CT molecular complexity index is 4120. The number of aromatic nitrogens is 2. The van der Waals surface area contributed by atoms with Gasteiger partial charge in [-0.2, -0.15) is 0 Å². The van der Waals surface area contributed by atoms with Crippen molar-refractivity contribution in [2.75, 3.05) is 9.80 Å². The van der Waals surface area contributed by atoms with Crippen LogP contribution >= 0.6 is 0 Å². The van der Waals surface area contributed by atoms with Crippen LogP contribution in [0, 0.1) is 13.8 Å². The molecule has 4 nitrogen and oxygen atoms in total. The second kappa shape index (κ2) is 14.3. The molecule has 0 amide bonds. The summed E-state index contributed by atoms with van der Waals surface area (Å²) in [6.07, 6.45) is 0. The van der Waals surface area contributed by atoms with Crippen molar-refractivity contribution >= 4 is 110 Å². The molecule has 0 N–H and O–H groups in total. The molecule has 0 bridgehead atoms. The number of hydrogen-bond donors (Lipinski definition) is 0. The summed E-state index contributed by atoms with van der Waals surface area (Å²) in [7, 11) is 0. The van der Waals surface area contributed by atoms with E-state index in [0.717, 1.165) is 17.1 Å². The maximum Gasteiger partial charge on any atom is 0.0641 e. The van der Waals surface area contributed by atoms with E-state index in [1.807, 2.05) is 0 Å². The average molecular weight is 879 g/mol. The topological polar surface area (TPSA) is 15.3 Å². The van der Waals surface area contributed by atoms with E-state index in [1.165, 1.54) is 116 Å². The average Bonchev–Trinajstić information content (AvgIpc) is 4.06. The fraction of sp³-hybridized carbons (Fsp3) is 0.156. The zero-order chi connectivity index (χ0) is 46.4. The summed E-state index contributed by atoms with van der Waals surface area (Å²) in [6, 6.07) is 68.2. The molecule has 0 aliphatic heterocycles. The molecular formula is C64H54N4. The molecule has 0 atom stereocenters. The highest BCUT2D eigenvalue weighted by Gasteiger charge is 2.30. The van der Waals surface area contributed by atoms with Gasteiger partial charge in [-0.1, -0.05) is 139 Å². The summed E-state index contributed by atoms with van der Waals surface area (Å²) in [5.74, 6) is 0. The van der Waals surface area contributed by atoms with Crippen molar-refractivity contribution in [3.63, 3.8) is 0 Å². The summed E-state index contributed by atoms with van der Waals surface area (Å²) in [5, 5.41) is 10.3. The van der Waals surface area contributed by atoms with E-state index in [9.17, 15) is 0 Å². The summed E-state index contributed by atoms with van der Waals surface area (Å²) in [6.45, 7) is 18.4. The Morgan fingerprint density at radius 2 is 0.824 bits per heavy atom. The third-order valence-electron chi connectivity index (χ3n) is 14.9. The standard InChI is InChI=1S/C64H54N4/c1-39-19-15-17-25-51(39)65(43-21-11-9-12-22-43)45-29-30-46-48-38-57-58(60-50-36-42(64(6,7)8)28-33-54(50)67(62(48)60)56(46)37-45)47-31-34-55(66(44-23-13-10-14-24-44)52-26-18-16-20-40(52)2)59-49-35-41(63(3,4)5)27-32-53(49)68(57)61(47)59/h9-38H,1-8H3. The maximum atomic E-state index is 2.61. The van der Waals surface area contributed by atoms with Crippen LogP contribution in [0.25, 0.3) is 76.2 Å². The SMILES string of the molecule is Cc1ccccc1N(c1ccccc1)c1ccc2c3cc4c(c5ccc(N(c6ccccc6)c6ccccc6C)c6c7cc(C(C)(C)C)ccc7n4c56)c4c5cc(C(C)(C)C)ccc5n(c2c1)c34. The second-order valence-electron chi connectivity index (χ2n) is 21.1. The van der Waals surface area contributed by atoms with Crippen LogP contribution in [-0.2, 0) is 10.8 Å². The Hall–Kier alpha value is -7.82. The summed E-state index contributed by atoms with van der Waals surface area (Å²) >= 11 is 0. The highest BCUT2D eigenvalue weighted by atomic mass is 15.2. The first kappa shape index (κ1) is 40.5. The van der Waals surface area contributed by atoms with Crippen molar-refractivity contribution in [1.29, 1.82) is 0 Å². The number of fused-ring (bicyclic) bond motifs is 13. The zero-order valence-corrected chi connectivity index (χ0v) is 40.1. The first-order valence-electron chi connectivity index (χ1n) is 24.1. The second-order valence-corrected chi connectivity index (χ2v) is 21.1. The van der Waals surface area contributed by atoms with E-state index in [2.05, 4.69) is 256 Å². The molecule has 0 saturated heterocycles. The van der Waals surface area contributed by atoms with Crippen molar-refractivity contribution in [3.8, 4) is 0 Å². The minimum Gasteiger partial charge on any atom is -0.310 e. The van der Waals surface area contributed by atoms with Gasteiger partial charge in [-0.3, -0.25) is 0 Å². The Morgan fingerprint density at radius 1 is 0.324 bits per heavy atom. The highest BCUT2D eigenvalue weighted by Crippen LogP contribution is 2.53. The number of aryl methyl sites for hydroxylation is 2. The quantitative estimate of drug-likeness (QED) is 0.165. The molecule has 13 aromatic rings. The van der Waals surface area contributed by atoms with Crippen LogP contribution in [-0.4, -0.2) is 8.80 Å². The molecule has 0 fully saturated rings. The third kappa shape index (κ3) is 5.73. The van der Waals surface area contributed by atoms with Crippen molar-refractivity contribution in [2.45, 2.75) is 66.2 Å². The monoisotopic (exact) mass is 878 g/mol. The molecule has 0 spiro atoms. The van der Waals surface area contributed by atoms with E-state index >= 15 is 0 Å². The Morgan fingerprint density at radius 3 is 1.41 bits per heavy atom. The molecule has 330 valence electrons. The molecule has 0 saturated carbocycles. The van der Waals surface area contributed by atoms with Gasteiger partial charge in [0.05, 0.1) is 38.8 Å². The molecule has 4 heteroatoms. The molecule has 4 heterocycles. The summed E-state index contributed by atoms with van der Waals surface area (Å²) in [5.41, 5.74) is 19.5. The number of hydrogen-bond acceptors (Lipinski definition) is 2. The smallest absolute Gasteiger partial charge is 0.0641 e. The van der Waals surface area contributed by atoms with Gasteiger partial charge < -0.3 is 18.6 Å². The lowest BCUT2D eigenvalue weighted by atomic mass is 9.86. The van der Waals surface area contributed by atoms with E-state index < -0.39 is 0 Å². The molecule has 4 aromatic heterocycles. The number of benzene rings is 9. The first-order valence-corrected chi connectivity index (χ1v) is 24.1. The van der Waals surface area contributed by atoms with E-state index in [0.29, 0.717) is 0 Å². The minimum absolute atomic E-state index is 0.0277. The van der Waals surface area contributed by atoms with Crippen LogP contribution in [0.5, 0.6) is 0 Å². The summed E-state index contributed by atoms with van der Waals surface area (Å²) in [4.78, 5) is 4.90.